The topological polar surface area (TPSA) is 106 Å². The van der Waals surface area contributed by atoms with Crippen LogP contribution >= 0.6 is 0 Å². The van der Waals surface area contributed by atoms with Crippen LogP contribution in [-0.2, 0) is 16.1 Å². The van der Waals surface area contributed by atoms with E-state index < -0.39 is 5.97 Å². The summed E-state index contributed by atoms with van der Waals surface area (Å²) in [5.74, 6) is 0.488. The minimum Gasteiger partial charge on any atom is -0.493 e. The van der Waals surface area contributed by atoms with E-state index in [1.54, 1.807) is 32.4 Å². The number of hydrogen-bond acceptors (Lipinski definition) is 7. The van der Waals surface area contributed by atoms with E-state index >= 15 is 0 Å². The van der Waals surface area contributed by atoms with Gasteiger partial charge in [-0.1, -0.05) is 12.1 Å². The van der Waals surface area contributed by atoms with Gasteiger partial charge in [0.25, 0.3) is 5.91 Å². The fourth-order valence-corrected chi connectivity index (χ4v) is 3.92. The van der Waals surface area contributed by atoms with E-state index in [0.29, 0.717) is 34.9 Å². The molecule has 1 saturated carbocycles. The number of anilines is 1. The van der Waals surface area contributed by atoms with Crippen molar-refractivity contribution in [3.8, 4) is 11.5 Å². The Morgan fingerprint density at radius 2 is 1.74 bits per heavy atom. The number of benzene rings is 2. The van der Waals surface area contributed by atoms with Crippen molar-refractivity contribution in [3.05, 3.63) is 59.2 Å². The van der Waals surface area contributed by atoms with Crippen molar-refractivity contribution in [2.24, 2.45) is 0 Å². The van der Waals surface area contributed by atoms with Crippen LogP contribution in [0, 0.1) is 0 Å². The molecule has 3 rings (SSSR count). The maximum Gasteiger partial charge on any atom is 0.330 e. The van der Waals surface area contributed by atoms with Crippen LogP contribution < -0.4 is 20.1 Å². The van der Waals surface area contributed by atoms with Crippen LogP contribution in [0.4, 0.5) is 5.69 Å². The molecule has 2 aromatic rings. The summed E-state index contributed by atoms with van der Waals surface area (Å²) in [6, 6.07) is 11.1. The zero-order valence-corrected chi connectivity index (χ0v) is 19.8. The van der Waals surface area contributed by atoms with Gasteiger partial charge in [0.2, 0.25) is 0 Å². The number of nitrogens with one attached hydrogen (secondary N) is 2. The van der Waals surface area contributed by atoms with Gasteiger partial charge in [-0.15, -0.1) is 0 Å². The smallest absolute Gasteiger partial charge is 0.330 e. The van der Waals surface area contributed by atoms with Crippen LogP contribution in [0.25, 0.3) is 6.08 Å². The number of rotatable bonds is 9. The molecule has 1 fully saturated rings. The molecular weight excluding hydrogens is 436 g/mol. The third kappa shape index (κ3) is 6.74. The van der Waals surface area contributed by atoms with Gasteiger partial charge >= 0.3 is 5.97 Å². The highest BCUT2D eigenvalue weighted by molar-refractivity contribution is 6.00. The maximum atomic E-state index is 13.2. The van der Waals surface area contributed by atoms with Gasteiger partial charge in [0.15, 0.2) is 11.5 Å². The maximum absolute atomic E-state index is 13.2. The first kappa shape index (κ1) is 25.1. The first-order valence-corrected chi connectivity index (χ1v) is 11.3. The molecular formula is C26H32N2O6. The summed E-state index contributed by atoms with van der Waals surface area (Å²) in [4.78, 5) is 24.7. The van der Waals surface area contributed by atoms with Gasteiger partial charge in [0.1, 0.15) is 0 Å². The fraction of sp³-hybridized carbons (Fsp3) is 0.385. The Labute approximate surface area is 199 Å². The Bertz CT molecular complexity index is 1030. The molecule has 0 spiro atoms. The fourth-order valence-electron chi connectivity index (χ4n) is 3.92. The Balaban J connectivity index is 1.79. The summed E-state index contributed by atoms with van der Waals surface area (Å²) in [5, 5.41) is 16.2. The first-order chi connectivity index (χ1) is 16.4. The third-order valence-electron chi connectivity index (χ3n) is 5.86. The highest BCUT2D eigenvalue weighted by Crippen LogP contribution is 2.28. The third-order valence-corrected chi connectivity index (χ3v) is 5.86. The molecule has 0 saturated heterocycles. The number of carbonyl (C=O) groups is 2. The Kier molecular flexibility index (Phi) is 8.93. The first-order valence-electron chi connectivity index (χ1n) is 11.3. The molecule has 8 nitrogen and oxygen atoms in total. The second-order valence-electron chi connectivity index (χ2n) is 8.18. The van der Waals surface area contributed by atoms with Gasteiger partial charge in [0, 0.05) is 24.4 Å². The molecule has 3 N–H and O–H groups in total. The lowest BCUT2D eigenvalue weighted by Gasteiger charge is -2.28. The lowest BCUT2D eigenvalue weighted by atomic mass is 9.92. The van der Waals surface area contributed by atoms with Gasteiger partial charge < -0.3 is 30.0 Å². The summed E-state index contributed by atoms with van der Waals surface area (Å²) in [6.07, 6.45) is 5.80. The van der Waals surface area contributed by atoms with Crippen LogP contribution in [0.15, 0.2) is 42.5 Å². The zero-order chi connectivity index (χ0) is 24.5. The Hall–Kier alpha value is -3.52. The van der Waals surface area contributed by atoms with Gasteiger partial charge in [-0.3, -0.25) is 4.79 Å². The Morgan fingerprint density at radius 1 is 1.00 bits per heavy atom. The molecule has 0 bridgehead atoms. The number of amides is 1. The number of esters is 1. The largest absolute Gasteiger partial charge is 0.493 e. The molecule has 0 aliphatic heterocycles. The second-order valence-corrected chi connectivity index (χ2v) is 8.18. The number of aliphatic hydroxyl groups excluding tert-OH is 1. The van der Waals surface area contributed by atoms with Crippen molar-refractivity contribution in [2.75, 3.05) is 26.6 Å². The number of methoxy groups -OCH3 is 3. The van der Waals surface area contributed by atoms with Gasteiger partial charge in [0.05, 0.1) is 33.0 Å². The minimum absolute atomic E-state index is 0.178. The van der Waals surface area contributed by atoms with E-state index in [-0.39, 0.29) is 18.1 Å². The van der Waals surface area contributed by atoms with Gasteiger partial charge in [-0.05, 0) is 67.2 Å². The molecule has 0 heterocycles. The van der Waals surface area contributed by atoms with E-state index in [0.717, 1.165) is 31.2 Å². The van der Waals surface area contributed by atoms with Crippen LogP contribution in [0.2, 0.25) is 0 Å². The normalized spacial score (nSPS) is 17.8. The van der Waals surface area contributed by atoms with Crippen LogP contribution in [0.1, 0.15) is 47.2 Å². The molecule has 34 heavy (non-hydrogen) atoms. The van der Waals surface area contributed by atoms with Crippen LogP contribution in [0.5, 0.6) is 11.5 Å². The molecule has 0 atom stereocenters. The van der Waals surface area contributed by atoms with Crippen LogP contribution in [0.3, 0.4) is 0 Å². The lowest BCUT2D eigenvalue weighted by Crippen LogP contribution is -2.30. The van der Waals surface area contributed by atoms with Crippen molar-refractivity contribution in [3.63, 3.8) is 0 Å². The molecule has 182 valence electrons. The molecule has 8 heteroatoms. The molecule has 2 aromatic carbocycles. The molecule has 1 aliphatic rings. The van der Waals surface area contributed by atoms with E-state index in [2.05, 4.69) is 15.4 Å². The molecule has 1 amide bonds. The highest BCUT2D eigenvalue weighted by atomic mass is 16.5. The highest BCUT2D eigenvalue weighted by Gasteiger charge is 2.21. The average molecular weight is 469 g/mol. The van der Waals surface area contributed by atoms with Crippen molar-refractivity contribution in [1.29, 1.82) is 0 Å². The summed E-state index contributed by atoms with van der Waals surface area (Å²) in [5.41, 5.74) is 2.75. The summed E-state index contributed by atoms with van der Waals surface area (Å²) >= 11 is 0. The Morgan fingerprint density at radius 3 is 2.41 bits per heavy atom. The number of ether oxygens (including phenoxy) is 3. The molecule has 0 unspecified atom stereocenters. The van der Waals surface area contributed by atoms with Crippen molar-refractivity contribution in [1.82, 2.24) is 5.32 Å². The predicted octanol–water partition coefficient (Wildman–Crippen LogP) is 3.54. The molecule has 0 radical (unpaired) electrons. The predicted molar refractivity (Wildman–Crippen MR) is 130 cm³/mol. The van der Waals surface area contributed by atoms with E-state index in [9.17, 15) is 14.7 Å². The number of carbonyl (C=O) groups excluding carboxylic acids is 2. The van der Waals surface area contributed by atoms with Gasteiger partial charge in [-0.25, -0.2) is 4.79 Å². The van der Waals surface area contributed by atoms with Gasteiger partial charge in [-0.2, -0.15) is 0 Å². The standard InChI is InChI=1S/C26H32N2O6/c1-32-23-12-5-18(15-24(23)33-2)16-27-26(31)21-14-17(6-13-25(30)34-3)4-11-22(21)28-19-7-9-20(29)10-8-19/h4-6,11-15,19-20,28-29H,7-10,16H2,1-3H3,(H,27,31)/b13-6+/t19-,20-. The monoisotopic (exact) mass is 468 g/mol. The van der Waals surface area contributed by atoms with Crippen LogP contribution in [-0.4, -0.2) is 50.5 Å². The zero-order valence-electron chi connectivity index (χ0n) is 19.8. The number of aliphatic hydroxyl groups is 1. The molecule has 1 aliphatic carbocycles. The summed E-state index contributed by atoms with van der Waals surface area (Å²) in [7, 11) is 4.45. The second kappa shape index (κ2) is 12.1. The number of hydrogen-bond donors (Lipinski definition) is 3. The van der Waals surface area contributed by atoms with Crippen molar-refractivity contribution < 1.29 is 28.9 Å². The minimum atomic E-state index is -0.470. The summed E-state index contributed by atoms with van der Waals surface area (Å²) < 4.78 is 15.3. The SMILES string of the molecule is COC(=O)/C=C/c1ccc(N[C@H]2CC[C@H](O)CC2)c(C(=O)NCc2ccc(OC)c(OC)c2)c1. The quantitative estimate of drug-likeness (QED) is 0.382. The lowest BCUT2D eigenvalue weighted by molar-refractivity contribution is -0.134. The van der Waals surface area contributed by atoms with E-state index in [1.807, 2.05) is 24.3 Å². The molecule has 0 aromatic heterocycles. The van der Waals surface area contributed by atoms with Crippen molar-refractivity contribution in [2.45, 2.75) is 44.4 Å². The van der Waals surface area contributed by atoms with E-state index in [4.69, 9.17) is 9.47 Å². The average Bonchev–Trinajstić information content (AvgIpc) is 2.87. The van der Waals surface area contributed by atoms with E-state index in [1.165, 1.54) is 13.2 Å². The van der Waals surface area contributed by atoms with Crippen molar-refractivity contribution >= 4 is 23.6 Å². The summed E-state index contributed by atoms with van der Waals surface area (Å²) in [6.45, 7) is 0.302.